The van der Waals surface area contributed by atoms with Gasteiger partial charge in [0.15, 0.2) is 0 Å². The van der Waals surface area contributed by atoms with E-state index in [1.165, 1.54) is 0 Å². The SMILES string of the molecule is CNc1cc(C)ncc1C(=O)Nc1ncc[nH]1. The van der Waals surface area contributed by atoms with Crippen molar-refractivity contribution in [1.82, 2.24) is 15.0 Å². The molecule has 6 heteroatoms. The summed E-state index contributed by atoms with van der Waals surface area (Å²) in [6, 6.07) is 1.82. The summed E-state index contributed by atoms with van der Waals surface area (Å²) in [4.78, 5) is 22.8. The fourth-order valence-electron chi connectivity index (χ4n) is 1.46. The highest BCUT2D eigenvalue weighted by Gasteiger charge is 2.12. The number of pyridine rings is 1. The first-order valence-corrected chi connectivity index (χ1v) is 5.16. The number of aromatic amines is 1. The fourth-order valence-corrected chi connectivity index (χ4v) is 1.46. The van der Waals surface area contributed by atoms with E-state index < -0.39 is 0 Å². The highest BCUT2D eigenvalue weighted by molar-refractivity contribution is 6.07. The van der Waals surface area contributed by atoms with Gasteiger partial charge in [-0.3, -0.25) is 15.1 Å². The molecule has 0 aromatic carbocycles. The second-order valence-electron chi connectivity index (χ2n) is 3.51. The normalized spacial score (nSPS) is 10.0. The van der Waals surface area contributed by atoms with Crippen molar-refractivity contribution < 1.29 is 4.79 Å². The third-order valence-electron chi connectivity index (χ3n) is 2.28. The van der Waals surface area contributed by atoms with Crippen molar-refractivity contribution in [3.63, 3.8) is 0 Å². The van der Waals surface area contributed by atoms with Crippen LogP contribution in [-0.2, 0) is 0 Å². The van der Waals surface area contributed by atoms with Crippen molar-refractivity contribution >= 4 is 17.5 Å². The van der Waals surface area contributed by atoms with E-state index in [4.69, 9.17) is 0 Å². The molecule has 2 rings (SSSR count). The number of H-pyrrole nitrogens is 1. The molecule has 0 bridgehead atoms. The number of aromatic nitrogens is 3. The summed E-state index contributed by atoms with van der Waals surface area (Å²) in [5.41, 5.74) is 2.07. The van der Waals surface area contributed by atoms with E-state index in [9.17, 15) is 4.79 Å². The third-order valence-corrected chi connectivity index (χ3v) is 2.28. The van der Waals surface area contributed by atoms with E-state index in [1.54, 1.807) is 25.6 Å². The first-order valence-electron chi connectivity index (χ1n) is 5.16. The summed E-state index contributed by atoms with van der Waals surface area (Å²) in [6.45, 7) is 1.87. The molecule has 6 nitrogen and oxygen atoms in total. The van der Waals surface area contributed by atoms with Crippen LogP contribution >= 0.6 is 0 Å². The standard InChI is InChI=1S/C11H13N5O/c1-7-5-9(12-2)8(6-15-7)10(17)16-11-13-3-4-14-11/h3-6H,1-2H3,(H,12,15)(H2,13,14,16,17). The van der Waals surface area contributed by atoms with E-state index in [1.807, 2.05) is 13.0 Å². The van der Waals surface area contributed by atoms with Crippen LogP contribution in [0.1, 0.15) is 16.1 Å². The van der Waals surface area contributed by atoms with E-state index in [0.717, 1.165) is 11.4 Å². The van der Waals surface area contributed by atoms with Crippen LogP contribution in [0.2, 0.25) is 0 Å². The lowest BCUT2D eigenvalue weighted by molar-refractivity contribution is 0.102. The molecular formula is C11H13N5O. The molecule has 0 aliphatic heterocycles. The maximum absolute atomic E-state index is 12.0. The Balaban J connectivity index is 2.24. The molecule has 0 aliphatic rings. The van der Waals surface area contributed by atoms with Gasteiger partial charge in [0.1, 0.15) is 0 Å². The van der Waals surface area contributed by atoms with Gasteiger partial charge < -0.3 is 10.3 Å². The molecular weight excluding hydrogens is 218 g/mol. The highest BCUT2D eigenvalue weighted by Crippen LogP contribution is 2.16. The number of rotatable bonds is 3. The lowest BCUT2D eigenvalue weighted by Crippen LogP contribution is -2.15. The molecule has 0 unspecified atom stereocenters. The van der Waals surface area contributed by atoms with Gasteiger partial charge in [0.05, 0.1) is 11.3 Å². The van der Waals surface area contributed by atoms with Crippen LogP contribution in [-0.4, -0.2) is 27.9 Å². The van der Waals surface area contributed by atoms with Gasteiger partial charge in [0.25, 0.3) is 5.91 Å². The first-order chi connectivity index (χ1) is 8.20. The minimum atomic E-state index is -0.253. The molecule has 0 radical (unpaired) electrons. The fraction of sp³-hybridized carbons (Fsp3) is 0.182. The van der Waals surface area contributed by atoms with Gasteiger partial charge in [-0.05, 0) is 13.0 Å². The molecule has 0 atom stereocenters. The van der Waals surface area contributed by atoms with Crippen molar-refractivity contribution in [2.45, 2.75) is 6.92 Å². The molecule has 2 aromatic rings. The summed E-state index contributed by atoms with van der Waals surface area (Å²) in [5, 5.41) is 5.61. The van der Waals surface area contributed by atoms with Gasteiger partial charge in [-0.2, -0.15) is 0 Å². The summed E-state index contributed by atoms with van der Waals surface area (Å²) in [7, 11) is 1.76. The zero-order valence-corrected chi connectivity index (χ0v) is 9.61. The Labute approximate surface area is 98.5 Å². The van der Waals surface area contributed by atoms with Crippen molar-refractivity contribution in [2.24, 2.45) is 0 Å². The Bertz CT molecular complexity index is 521. The number of aryl methyl sites for hydroxylation is 1. The average Bonchev–Trinajstić information content (AvgIpc) is 2.81. The number of carbonyl (C=O) groups is 1. The molecule has 1 amide bonds. The third kappa shape index (κ3) is 2.41. The van der Waals surface area contributed by atoms with Crippen LogP contribution in [0.15, 0.2) is 24.7 Å². The van der Waals surface area contributed by atoms with Crippen molar-refractivity contribution in [3.05, 3.63) is 35.9 Å². The molecule has 17 heavy (non-hydrogen) atoms. The second-order valence-corrected chi connectivity index (χ2v) is 3.51. The monoisotopic (exact) mass is 231 g/mol. The zero-order valence-electron chi connectivity index (χ0n) is 9.61. The number of anilines is 2. The van der Waals surface area contributed by atoms with Crippen molar-refractivity contribution in [1.29, 1.82) is 0 Å². The van der Waals surface area contributed by atoms with Gasteiger partial charge >= 0.3 is 0 Å². The summed E-state index contributed by atoms with van der Waals surface area (Å²) in [6.07, 6.45) is 4.75. The Morgan fingerprint density at radius 1 is 1.41 bits per heavy atom. The number of nitrogens with zero attached hydrogens (tertiary/aromatic N) is 2. The quantitative estimate of drug-likeness (QED) is 0.745. The predicted octanol–water partition coefficient (Wildman–Crippen LogP) is 1.41. The molecule has 2 aromatic heterocycles. The summed E-state index contributed by atoms with van der Waals surface area (Å²) < 4.78 is 0. The minimum absolute atomic E-state index is 0.253. The minimum Gasteiger partial charge on any atom is -0.387 e. The van der Waals surface area contributed by atoms with Crippen LogP contribution in [0.5, 0.6) is 0 Å². The number of imidazole rings is 1. The van der Waals surface area contributed by atoms with Gasteiger partial charge in [-0.15, -0.1) is 0 Å². The smallest absolute Gasteiger partial charge is 0.261 e. The number of hydrogen-bond acceptors (Lipinski definition) is 4. The van der Waals surface area contributed by atoms with Crippen LogP contribution in [0, 0.1) is 6.92 Å². The Kier molecular flexibility index (Phi) is 3.04. The van der Waals surface area contributed by atoms with Crippen LogP contribution < -0.4 is 10.6 Å². The van der Waals surface area contributed by atoms with E-state index in [2.05, 4.69) is 25.6 Å². The molecule has 0 spiro atoms. The Morgan fingerprint density at radius 3 is 2.88 bits per heavy atom. The molecule has 0 saturated heterocycles. The van der Waals surface area contributed by atoms with Gasteiger partial charge in [0.2, 0.25) is 5.95 Å². The topological polar surface area (TPSA) is 82.7 Å². The zero-order chi connectivity index (χ0) is 12.3. The average molecular weight is 231 g/mol. The number of amides is 1. The van der Waals surface area contributed by atoms with Gasteiger partial charge in [-0.25, -0.2) is 4.98 Å². The van der Waals surface area contributed by atoms with E-state index >= 15 is 0 Å². The molecule has 0 aliphatic carbocycles. The maximum atomic E-state index is 12.0. The molecule has 0 fully saturated rings. The van der Waals surface area contributed by atoms with Gasteiger partial charge in [0, 0.05) is 31.3 Å². The second kappa shape index (κ2) is 4.65. The van der Waals surface area contributed by atoms with Crippen LogP contribution in [0.25, 0.3) is 0 Å². The summed E-state index contributed by atoms with van der Waals surface area (Å²) in [5.74, 6) is 0.162. The maximum Gasteiger partial charge on any atom is 0.261 e. The van der Waals surface area contributed by atoms with E-state index in [-0.39, 0.29) is 5.91 Å². The Morgan fingerprint density at radius 2 is 2.24 bits per heavy atom. The lowest BCUT2D eigenvalue weighted by Gasteiger charge is -2.08. The molecule has 2 heterocycles. The summed E-state index contributed by atoms with van der Waals surface area (Å²) >= 11 is 0. The largest absolute Gasteiger partial charge is 0.387 e. The number of nitrogens with one attached hydrogen (secondary N) is 3. The van der Waals surface area contributed by atoms with Gasteiger partial charge in [-0.1, -0.05) is 0 Å². The number of hydrogen-bond donors (Lipinski definition) is 3. The molecule has 88 valence electrons. The lowest BCUT2D eigenvalue weighted by atomic mass is 10.2. The van der Waals surface area contributed by atoms with E-state index in [0.29, 0.717) is 11.5 Å². The molecule has 0 saturated carbocycles. The predicted molar refractivity (Wildman–Crippen MR) is 65.1 cm³/mol. The van der Waals surface area contributed by atoms with Crippen LogP contribution in [0.4, 0.5) is 11.6 Å². The van der Waals surface area contributed by atoms with Crippen molar-refractivity contribution in [2.75, 3.05) is 17.7 Å². The molecule has 3 N–H and O–H groups in total. The number of carbonyl (C=O) groups excluding carboxylic acids is 1. The highest BCUT2D eigenvalue weighted by atomic mass is 16.1. The van der Waals surface area contributed by atoms with Crippen LogP contribution in [0.3, 0.4) is 0 Å². The first kappa shape index (κ1) is 11.1. The Hall–Kier alpha value is -2.37. The van der Waals surface area contributed by atoms with Crippen molar-refractivity contribution in [3.8, 4) is 0 Å².